The zero-order valence-electron chi connectivity index (χ0n) is 13.1. The highest BCUT2D eigenvalue weighted by molar-refractivity contribution is 5.31. The summed E-state index contributed by atoms with van der Waals surface area (Å²) in [4.78, 5) is 14.9. The summed E-state index contributed by atoms with van der Waals surface area (Å²) in [6, 6.07) is 1.91. The second-order valence-electron chi connectivity index (χ2n) is 6.39. The number of aromatic nitrogens is 1. The minimum absolute atomic E-state index is 0.0192. The summed E-state index contributed by atoms with van der Waals surface area (Å²) in [7, 11) is 2.09. The number of likely N-dealkylation sites (N-methyl/N-ethyl adjacent to an activating group) is 1. The van der Waals surface area contributed by atoms with E-state index in [4.69, 9.17) is 0 Å². The van der Waals surface area contributed by atoms with E-state index in [1.807, 2.05) is 10.6 Å². The van der Waals surface area contributed by atoms with Gasteiger partial charge in [0.05, 0.1) is 5.60 Å². The van der Waals surface area contributed by atoms with E-state index >= 15 is 0 Å². The molecule has 112 valence electrons. The highest BCUT2D eigenvalue weighted by atomic mass is 16.3. The molecule has 4 nitrogen and oxygen atoms in total. The van der Waals surface area contributed by atoms with Gasteiger partial charge < -0.3 is 14.6 Å². The summed E-state index contributed by atoms with van der Waals surface area (Å²) in [5.74, 6) is 0. The molecular formula is C16H26N2O2. The molecule has 0 aromatic carbocycles. The molecule has 0 fully saturated rings. The van der Waals surface area contributed by atoms with Crippen LogP contribution in [0.1, 0.15) is 50.4 Å². The summed E-state index contributed by atoms with van der Waals surface area (Å²) in [5.41, 5.74) is 1.76. The maximum absolute atomic E-state index is 12.7. The van der Waals surface area contributed by atoms with E-state index < -0.39 is 5.60 Å². The van der Waals surface area contributed by atoms with Crippen LogP contribution in [-0.2, 0) is 25.1 Å². The molecule has 0 unspecified atom stereocenters. The lowest BCUT2D eigenvalue weighted by Gasteiger charge is -2.30. The lowest BCUT2D eigenvalue weighted by molar-refractivity contribution is 0.0760. The van der Waals surface area contributed by atoms with Gasteiger partial charge in [-0.2, -0.15) is 0 Å². The van der Waals surface area contributed by atoms with Gasteiger partial charge in [-0.25, -0.2) is 0 Å². The van der Waals surface area contributed by atoms with Gasteiger partial charge in [0.15, 0.2) is 0 Å². The quantitative estimate of drug-likeness (QED) is 0.914. The van der Waals surface area contributed by atoms with Crippen LogP contribution in [0.25, 0.3) is 0 Å². The monoisotopic (exact) mass is 278 g/mol. The topological polar surface area (TPSA) is 45.5 Å². The number of pyridine rings is 1. The molecule has 0 aliphatic carbocycles. The predicted molar refractivity (Wildman–Crippen MR) is 80.9 cm³/mol. The van der Waals surface area contributed by atoms with Crippen molar-refractivity contribution >= 4 is 0 Å². The van der Waals surface area contributed by atoms with Crippen molar-refractivity contribution in [3.05, 3.63) is 33.2 Å². The molecule has 1 aliphatic heterocycles. The largest absolute Gasteiger partial charge is 0.386 e. The zero-order valence-corrected chi connectivity index (χ0v) is 13.1. The first kappa shape index (κ1) is 15.3. The lowest BCUT2D eigenvalue weighted by Crippen LogP contribution is -2.38. The van der Waals surface area contributed by atoms with E-state index in [-0.39, 0.29) is 5.56 Å². The van der Waals surface area contributed by atoms with Crippen molar-refractivity contribution in [1.29, 1.82) is 0 Å². The maximum atomic E-state index is 12.7. The Bertz CT molecular complexity index is 541. The van der Waals surface area contributed by atoms with Gasteiger partial charge in [0.25, 0.3) is 5.56 Å². The van der Waals surface area contributed by atoms with Crippen molar-refractivity contribution in [2.45, 2.75) is 58.7 Å². The van der Waals surface area contributed by atoms with Gasteiger partial charge in [-0.1, -0.05) is 13.3 Å². The van der Waals surface area contributed by atoms with Crippen LogP contribution in [-0.4, -0.2) is 28.2 Å². The van der Waals surface area contributed by atoms with Gasteiger partial charge >= 0.3 is 0 Å². The van der Waals surface area contributed by atoms with E-state index in [0.717, 1.165) is 44.6 Å². The fourth-order valence-electron chi connectivity index (χ4n) is 2.85. The normalized spacial score (nSPS) is 16.2. The minimum atomic E-state index is -1.09. The second kappa shape index (κ2) is 5.70. The molecule has 0 amide bonds. The van der Waals surface area contributed by atoms with E-state index in [9.17, 15) is 9.90 Å². The van der Waals surface area contributed by atoms with Gasteiger partial charge in [0.1, 0.15) is 0 Å². The van der Waals surface area contributed by atoms with Gasteiger partial charge in [-0.05, 0) is 38.9 Å². The number of hydrogen-bond donors (Lipinski definition) is 1. The fourth-order valence-corrected chi connectivity index (χ4v) is 2.85. The molecule has 20 heavy (non-hydrogen) atoms. The third-order valence-electron chi connectivity index (χ3n) is 4.06. The Balaban J connectivity index is 2.58. The Morgan fingerprint density at radius 2 is 2.10 bits per heavy atom. The Hall–Kier alpha value is -1.13. The van der Waals surface area contributed by atoms with Crippen molar-refractivity contribution < 1.29 is 5.11 Å². The molecule has 0 saturated carbocycles. The summed E-state index contributed by atoms with van der Waals surface area (Å²) in [6.45, 7) is 8.10. The van der Waals surface area contributed by atoms with Gasteiger partial charge in [0.2, 0.25) is 0 Å². The van der Waals surface area contributed by atoms with Crippen molar-refractivity contribution in [2.24, 2.45) is 0 Å². The average Bonchev–Trinajstić information content (AvgIpc) is 2.36. The van der Waals surface area contributed by atoms with Crippen LogP contribution in [0.3, 0.4) is 0 Å². The predicted octanol–water partition coefficient (Wildman–Crippen LogP) is 1.86. The standard InChI is InChI=1S/C16H26N2O2/c1-5-6-8-18-14-7-9-17(4)11-12(14)10-13(15(18)19)16(2,3)20/h10,20H,5-9,11H2,1-4H3. The van der Waals surface area contributed by atoms with Crippen molar-refractivity contribution in [2.75, 3.05) is 13.6 Å². The highest BCUT2D eigenvalue weighted by Crippen LogP contribution is 2.23. The molecule has 1 aliphatic rings. The van der Waals surface area contributed by atoms with Crippen LogP contribution in [0.4, 0.5) is 0 Å². The first-order valence-corrected chi connectivity index (χ1v) is 7.51. The molecule has 1 N–H and O–H groups in total. The van der Waals surface area contributed by atoms with Gasteiger partial charge in [0, 0.05) is 37.3 Å². The molecule has 2 rings (SSSR count). The van der Waals surface area contributed by atoms with Crippen LogP contribution in [0.15, 0.2) is 10.9 Å². The number of hydrogen-bond acceptors (Lipinski definition) is 3. The van der Waals surface area contributed by atoms with E-state index in [2.05, 4.69) is 18.9 Å². The minimum Gasteiger partial charge on any atom is -0.386 e. The summed E-state index contributed by atoms with van der Waals surface area (Å²) >= 11 is 0. The van der Waals surface area contributed by atoms with Crippen LogP contribution in [0.5, 0.6) is 0 Å². The number of nitrogens with zero attached hydrogens (tertiary/aromatic N) is 2. The van der Waals surface area contributed by atoms with Gasteiger partial charge in [-0.15, -0.1) is 0 Å². The lowest BCUT2D eigenvalue weighted by atomic mass is 9.94. The first-order chi connectivity index (χ1) is 9.34. The smallest absolute Gasteiger partial charge is 0.256 e. The molecule has 2 heterocycles. The second-order valence-corrected chi connectivity index (χ2v) is 6.39. The van der Waals surface area contributed by atoms with Crippen molar-refractivity contribution in [3.8, 4) is 0 Å². The molecular weight excluding hydrogens is 252 g/mol. The number of rotatable bonds is 4. The van der Waals surface area contributed by atoms with Crippen LogP contribution in [0, 0.1) is 0 Å². The van der Waals surface area contributed by atoms with Crippen LogP contribution < -0.4 is 5.56 Å². The van der Waals surface area contributed by atoms with Crippen LogP contribution in [0.2, 0.25) is 0 Å². The number of fused-ring (bicyclic) bond motifs is 1. The maximum Gasteiger partial charge on any atom is 0.256 e. The first-order valence-electron chi connectivity index (χ1n) is 7.51. The SMILES string of the molecule is CCCCn1c2c(cc(C(C)(C)O)c1=O)CN(C)CC2. The molecule has 4 heteroatoms. The van der Waals surface area contributed by atoms with E-state index in [0.29, 0.717) is 5.56 Å². The van der Waals surface area contributed by atoms with E-state index in [1.165, 1.54) is 5.56 Å². The summed E-state index contributed by atoms with van der Waals surface area (Å²) < 4.78 is 1.90. The van der Waals surface area contributed by atoms with Crippen LogP contribution >= 0.6 is 0 Å². The third-order valence-corrected chi connectivity index (χ3v) is 4.06. The van der Waals surface area contributed by atoms with Gasteiger partial charge in [-0.3, -0.25) is 4.79 Å². The highest BCUT2D eigenvalue weighted by Gasteiger charge is 2.26. The molecule has 1 aromatic heterocycles. The summed E-state index contributed by atoms with van der Waals surface area (Å²) in [5, 5.41) is 10.3. The Labute approximate surface area is 121 Å². The number of aliphatic hydroxyl groups is 1. The molecule has 0 atom stereocenters. The fraction of sp³-hybridized carbons (Fsp3) is 0.688. The molecule has 0 saturated heterocycles. The Kier molecular flexibility index (Phi) is 4.35. The number of unbranched alkanes of at least 4 members (excludes halogenated alkanes) is 1. The molecule has 0 bridgehead atoms. The molecule has 1 aromatic rings. The average molecular weight is 278 g/mol. The van der Waals surface area contributed by atoms with E-state index in [1.54, 1.807) is 13.8 Å². The zero-order chi connectivity index (χ0) is 14.9. The Morgan fingerprint density at radius 3 is 2.70 bits per heavy atom. The Morgan fingerprint density at radius 1 is 1.40 bits per heavy atom. The summed E-state index contributed by atoms with van der Waals surface area (Å²) in [6.07, 6.45) is 2.97. The molecule has 0 spiro atoms. The van der Waals surface area contributed by atoms with Crippen molar-refractivity contribution in [3.63, 3.8) is 0 Å². The third kappa shape index (κ3) is 2.96. The molecule has 0 radical (unpaired) electrons. The van der Waals surface area contributed by atoms with Crippen molar-refractivity contribution in [1.82, 2.24) is 9.47 Å².